The van der Waals surface area contributed by atoms with E-state index in [-0.39, 0.29) is 18.5 Å². The summed E-state index contributed by atoms with van der Waals surface area (Å²) in [6.45, 7) is 3.99. The van der Waals surface area contributed by atoms with E-state index in [1.54, 1.807) is 6.20 Å². The average molecular weight is 361 g/mol. The first-order valence-electron chi connectivity index (χ1n) is 8.16. The van der Waals surface area contributed by atoms with Gasteiger partial charge in [-0.15, -0.1) is 17.5 Å². The van der Waals surface area contributed by atoms with Crippen LogP contribution in [0.3, 0.4) is 0 Å². The minimum atomic E-state index is 0. The van der Waals surface area contributed by atoms with Gasteiger partial charge >= 0.3 is 0 Å². The van der Waals surface area contributed by atoms with Gasteiger partial charge in [0.2, 0.25) is 0 Å². The minimum absolute atomic E-state index is 0. The molecule has 0 radical (unpaired) electrons. The molecule has 1 unspecified atom stereocenters. The molecule has 1 saturated heterocycles. The minimum Gasteiger partial charge on any atom is -0.374 e. The van der Waals surface area contributed by atoms with Crippen molar-refractivity contribution < 1.29 is 4.74 Å². The Bertz CT molecular complexity index is 782. The summed E-state index contributed by atoms with van der Waals surface area (Å²) in [5.74, 6) is 0. The van der Waals surface area contributed by atoms with Crippen LogP contribution in [0.15, 0.2) is 48.9 Å². The normalized spacial score (nSPS) is 17.2. The first-order valence-corrected chi connectivity index (χ1v) is 8.16. The summed E-state index contributed by atoms with van der Waals surface area (Å²) < 4.78 is 9.47. The van der Waals surface area contributed by atoms with Crippen LogP contribution in [-0.4, -0.2) is 50.6 Å². The second kappa shape index (κ2) is 8.24. The van der Waals surface area contributed by atoms with Crippen LogP contribution in [0.5, 0.6) is 0 Å². The fourth-order valence-corrected chi connectivity index (χ4v) is 2.88. The quantitative estimate of drug-likeness (QED) is 0.748. The van der Waals surface area contributed by atoms with Crippen LogP contribution in [0.2, 0.25) is 0 Å². The van der Waals surface area contributed by atoms with E-state index in [4.69, 9.17) is 4.74 Å². The third-order valence-electron chi connectivity index (χ3n) is 4.06. The highest BCUT2D eigenvalue weighted by molar-refractivity contribution is 5.85. The molecule has 8 heteroatoms. The van der Waals surface area contributed by atoms with E-state index in [0.29, 0.717) is 6.54 Å². The SMILES string of the molecule is Cl.c1cc(Cn2cccn2)cc(-c2cn(CC3CNCCO3)nn2)c1. The van der Waals surface area contributed by atoms with Crippen LogP contribution in [0.25, 0.3) is 11.3 Å². The van der Waals surface area contributed by atoms with Gasteiger partial charge in [0.15, 0.2) is 0 Å². The summed E-state index contributed by atoms with van der Waals surface area (Å²) in [5.41, 5.74) is 3.13. The molecule has 4 rings (SSSR count). The van der Waals surface area contributed by atoms with Crippen molar-refractivity contribution >= 4 is 12.4 Å². The molecule has 3 aromatic rings. The zero-order valence-corrected chi connectivity index (χ0v) is 14.6. The smallest absolute Gasteiger partial charge is 0.113 e. The topological polar surface area (TPSA) is 69.8 Å². The molecule has 2 aromatic heterocycles. The number of rotatable bonds is 5. The lowest BCUT2D eigenvalue weighted by Crippen LogP contribution is -2.40. The fraction of sp³-hybridized carbons (Fsp3) is 0.353. The average Bonchev–Trinajstić information content (AvgIpc) is 3.28. The second-order valence-electron chi connectivity index (χ2n) is 5.93. The van der Waals surface area contributed by atoms with E-state index in [0.717, 1.165) is 37.5 Å². The standard InChI is InChI=1S/C17H20N6O.ClH/c1-3-14(11-22-7-2-5-19-22)9-15(4-1)17-13-23(21-20-17)12-16-10-18-6-8-24-16;/h1-5,7,9,13,16,18H,6,8,10-12H2;1H. The van der Waals surface area contributed by atoms with Crippen LogP contribution >= 0.6 is 12.4 Å². The van der Waals surface area contributed by atoms with Gasteiger partial charge in [-0.25, -0.2) is 4.68 Å². The number of ether oxygens (including phenoxy) is 1. The highest BCUT2D eigenvalue weighted by atomic mass is 35.5. The van der Waals surface area contributed by atoms with Crippen molar-refractivity contribution in [3.8, 4) is 11.3 Å². The summed E-state index contributed by atoms with van der Waals surface area (Å²) >= 11 is 0. The van der Waals surface area contributed by atoms with E-state index in [9.17, 15) is 0 Å². The lowest BCUT2D eigenvalue weighted by Gasteiger charge is -2.23. The van der Waals surface area contributed by atoms with Gasteiger partial charge in [-0.2, -0.15) is 5.10 Å². The molecule has 0 aliphatic carbocycles. The van der Waals surface area contributed by atoms with Gasteiger partial charge in [0, 0.05) is 31.0 Å². The number of halogens is 1. The highest BCUT2D eigenvalue weighted by Gasteiger charge is 2.15. The molecule has 1 atom stereocenters. The Kier molecular flexibility index (Phi) is 5.80. The van der Waals surface area contributed by atoms with E-state index in [1.165, 1.54) is 5.56 Å². The molecule has 0 spiro atoms. The van der Waals surface area contributed by atoms with Crippen molar-refractivity contribution in [1.82, 2.24) is 30.1 Å². The van der Waals surface area contributed by atoms with Gasteiger partial charge < -0.3 is 10.1 Å². The van der Waals surface area contributed by atoms with Crippen LogP contribution in [0, 0.1) is 0 Å². The van der Waals surface area contributed by atoms with Gasteiger partial charge in [0.05, 0.1) is 32.0 Å². The van der Waals surface area contributed by atoms with Crippen LogP contribution in [-0.2, 0) is 17.8 Å². The van der Waals surface area contributed by atoms with Crippen molar-refractivity contribution in [1.29, 1.82) is 0 Å². The van der Waals surface area contributed by atoms with Crippen molar-refractivity contribution in [2.24, 2.45) is 0 Å². The Labute approximate surface area is 152 Å². The van der Waals surface area contributed by atoms with E-state index in [2.05, 4.69) is 38.9 Å². The van der Waals surface area contributed by atoms with Gasteiger partial charge in [-0.1, -0.05) is 23.4 Å². The number of nitrogens with zero attached hydrogens (tertiary/aromatic N) is 5. The lowest BCUT2D eigenvalue weighted by atomic mass is 10.1. The molecule has 132 valence electrons. The zero-order chi connectivity index (χ0) is 16.2. The Morgan fingerprint density at radius 2 is 2.20 bits per heavy atom. The number of nitrogens with one attached hydrogen (secondary N) is 1. The predicted octanol–water partition coefficient (Wildman–Crippen LogP) is 1.60. The molecule has 1 aliphatic rings. The van der Waals surface area contributed by atoms with Crippen molar-refractivity contribution in [3.05, 3.63) is 54.5 Å². The number of benzene rings is 1. The molecule has 1 aromatic carbocycles. The zero-order valence-electron chi connectivity index (χ0n) is 13.8. The maximum absolute atomic E-state index is 5.71. The molecule has 7 nitrogen and oxygen atoms in total. The lowest BCUT2D eigenvalue weighted by molar-refractivity contribution is 0.0158. The molecule has 0 amide bonds. The number of morpholine rings is 1. The van der Waals surface area contributed by atoms with Crippen LogP contribution in [0.4, 0.5) is 0 Å². The third-order valence-corrected chi connectivity index (χ3v) is 4.06. The molecule has 0 saturated carbocycles. The molecule has 25 heavy (non-hydrogen) atoms. The van der Waals surface area contributed by atoms with Crippen LogP contribution < -0.4 is 5.32 Å². The third kappa shape index (κ3) is 4.45. The summed E-state index contributed by atoms with van der Waals surface area (Å²) in [4.78, 5) is 0. The Morgan fingerprint density at radius 3 is 3.00 bits per heavy atom. The van der Waals surface area contributed by atoms with Gasteiger partial charge in [0.1, 0.15) is 5.69 Å². The Balaban J connectivity index is 0.00000182. The van der Waals surface area contributed by atoms with E-state index >= 15 is 0 Å². The summed E-state index contributed by atoms with van der Waals surface area (Å²) in [6, 6.07) is 10.3. The summed E-state index contributed by atoms with van der Waals surface area (Å²) in [6.07, 6.45) is 5.88. The highest BCUT2D eigenvalue weighted by Crippen LogP contribution is 2.18. The number of hydrogen-bond acceptors (Lipinski definition) is 5. The van der Waals surface area contributed by atoms with Gasteiger partial charge in [-0.05, 0) is 17.7 Å². The largest absolute Gasteiger partial charge is 0.374 e. The number of aromatic nitrogens is 5. The molecule has 1 N–H and O–H groups in total. The first kappa shape index (κ1) is 17.6. The molecular formula is C17H21ClN6O. The molecule has 0 bridgehead atoms. The maximum atomic E-state index is 5.71. The van der Waals surface area contributed by atoms with Gasteiger partial charge in [-0.3, -0.25) is 4.68 Å². The van der Waals surface area contributed by atoms with Crippen molar-refractivity contribution in [2.75, 3.05) is 19.7 Å². The van der Waals surface area contributed by atoms with E-state index in [1.807, 2.05) is 33.9 Å². The summed E-state index contributed by atoms with van der Waals surface area (Å²) in [5, 5.41) is 16.1. The van der Waals surface area contributed by atoms with E-state index < -0.39 is 0 Å². The fourth-order valence-electron chi connectivity index (χ4n) is 2.88. The van der Waals surface area contributed by atoms with Gasteiger partial charge in [0.25, 0.3) is 0 Å². The van der Waals surface area contributed by atoms with Crippen molar-refractivity contribution in [3.63, 3.8) is 0 Å². The number of hydrogen-bond donors (Lipinski definition) is 1. The maximum Gasteiger partial charge on any atom is 0.113 e. The first-order chi connectivity index (χ1) is 11.9. The summed E-state index contributed by atoms with van der Waals surface area (Å²) in [7, 11) is 0. The predicted molar refractivity (Wildman–Crippen MR) is 96.6 cm³/mol. The van der Waals surface area contributed by atoms with Crippen LogP contribution in [0.1, 0.15) is 5.56 Å². The molecule has 1 fully saturated rings. The molecule has 3 heterocycles. The Morgan fingerprint density at radius 1 is 1.24 bits per heavy atom. The Hall–Kier alpha value is -2.22. The monoisotopic (exact) mass is 360 g/mol. The van der Waals surface area contributed by atoms with Crippen molar-refractivity contribution in [2.45, 2.75) is 19.2 Å². The second-order valence-corrected chi connectivity index (χ2v) is 5.93. The molecule has 1 aliphatic heterocycles. The molecular weight excluding hydrogens is 340 g/mol.